The molecule has 0 unspecified atom stereocenters. The number of hydrogen-bond acceptors (Lipinski definition) is 3. The molecule has 3 rings (SSSR count). The Bertz CT molecular complexity index is 559. The molecular weight excluding hydrogens is 323 g/mol. The van der Waals surface area contributed by atoms with Gasteiger partial charge in [-0.15, -0.1) is 0 Å². The van der Waals surface area contributed by atoms with Gasteiger partial charge in [0.2, 0.25) is 5.91 Å². The van der Waals surface area contributed by atoms with Gasteiger partial charge in [-0.05, 0) is 30.5 Å². The van der Waals surface area contributed by atoms with Crippen LogP contribution in [0.1, 0.15) is 24.0 Å². The fourth-order valence-corrected chi connectivity index (χ4v) is 3.17. The normalized spacial score (nSPS) is 20.5. The number of piperidine rings is 1. The van der Waals surface area contributed by atoms with Crippen molar-refractivity contribution in [2.45, 2.75) is 31.7 Å². The van der Waals surface area contributed by atoms with Crippen molar-refractivity contribution in [2.75, 3.05) is 26.3 Å². The van der Waals surface area contributed by atoms with E-state index < -0.39 is 11.7 Å². The number of benzene rings is 1. The van der Waals surface area contributed by atoms with Crippen LogP contribution in [0.5, 0.6) is 0 Å². The number of rotatable bonds is 3. The Kier molecular flexibility index (Phi) is 5.10. The van der Waals surface area contributed by atoms with Gasteiger partial charge >= 0.3 is 6.18 Å². The number of halogens is 3. The molecule has 2 aliphatic rings. The topological polar surface area (TPSA) is 38.8 Å². The maximum absolute atomic E-state index is 12.5. The van der Waals surface area contributed by atoms with E-state index in [2.05, 4.69) is 0 Å². The lowest BCUT2D eigenvalue weighted by Crippen LogP contribution is -2.42. The minimum Gasteiger partial charge on any atom is -0.350 e. The summed E-state index contributed by atoms with van der Waals surface area (Å²) in [6.07, 6.45) is -2.74. The van der Waals surface area contributed by atoms with Gasteiger partial charge in [-0.2, -0.15) is 13.2 Å². The summed E-state index contributed by atoms with van der Waals surface area (Å²) in [5, 5.41) is 0. The number of ether oxygens (including phenoxy) is 2. The first-order chi connectivity index (χ1) is 11.4. The summed E-state index contributed by atoms with van der Waals surface area (Å²) in [5.41, 5.74) is -0.103. The van der Waals surface area contributed by atoms with Gasteiger partial charge in [-0.3, -0.25) is 4.79 Å². The SMILES string of the molecule is O=C(Cc1ccc(C(F)(F)F)cc1)N1CCC(C2OCCO2)CC1. The second-order valence-corrected chi connectivity index (χ2v) is 6.20. The van der Waals surface area contributed by atoms with E-state index in [4.69, 9.17) is 9.47 Å². The van der Waals surface area contributed by atoms with Crippen molar-refractivity contribution in [3.63, 3.8) is 0 Å². The van der Waals surface area contributed by atoms with Crippen LogP contribution < -0.4 is 0 Å². The van der Waals surface area contributed by atoms with Crippen LogP contribution in [0.25, 0.3) is 0 Å². The van der Waals surface area contributed by atoms with Crippen LogP contribution in [0.15, 0.2) is 24.3 Å². The summed E-state index contributed by atoms with van der Waals surface area (Å²) in [6.45, 7) is 2.51. The first-order valence-electron chi connectivity index (χ1n) is 8.10. The van der Waals surface area contributed by atoms with Crippen LogP contribution in [0.3, 0.4) is 0 Å². The van der Waals surface area contributed by atoms with Crippen molar-refractivity contribution in [3.05, 3.63) is 35.4 Å². The molecule has 24 heavy (non-hydrogen) atoms. The van der Waals surface area contributed by atoms with Crippen LogP contribution in [-0.4, -0.2) is 43.4 Å². The summed E-state index contributed by atoms with van der Waals surface area (Å²) >= 11 is 0. The molecule has 0 aliphatic carbocycles. The monoisotopic (exact) mass is 343 g/mol. The van der Waals surface area contributed by atoms with Crippen LogP contribution in [0, 0.1) is 5.92 Å². The molecule has 2 heterocycles. The van der Waals surface area contributed by atoms with Crippen molar-refractivity contribution in [1.29, 1.82) is 0 Å². The molecule has 4 nitrogen and oxygen atoms in total. The van der Waals surface area contributed by atoms with Crippen molar-refractivity contribution >= 4 is 5.91 Å². The standard InChI is InChI=1S/C17H20F3NO3/c18-17(19,20)14-3-1-12(2-4-14)11-15(22)21-7-5-13(6-8-21)16-23-9-10-24-16/h1-4,13,16H,5-11H2. The third-order valence-corrected chi connectivity index (χ3v) is 4.56. The van der Waals surface area contributed by atoms with Crippen molar-refractivity contribution < 1.29 is 27.4 Å². The maximum atomic E-state index is 12.5. The van der Waals surface area contributed by atoms with Crippen LogP contribution in [0.2, 0.25) is 0 Å². The predicted octanol–water partition coefficient (Wildman–Crippen LogP) is 2.86. The number of hydrogen-bond donors (Lipinski definition) is 0. The van der Waals surface area contributed by atoms with Gasteiger partial charge in [0, 0.05) is 19.0 Å². The molecule has 0 aromatic heterocycles. The Hall–Kier alpha value is -1.60. The van der Waals surface area contributed by atoms with E-state index in [-0.39, 0.29) is 18.6 Å². The lowest BCUT2D eigenvalue weighted by Gasteiger charge is -2.34. The number of likely N-dealkylation sites (tertiary alicyclic amines) is 1. The molecule has 0 saturated carbocycles. The van der Waals surface area contributed by atoms with Gasteiger partial charge in [-0.1, -0.05) is 12.1 Å². The zero-order valence-electron chi connectivity index (χ0n) is 13.2. The number of alkyl halides is 3. The molecule has 2 aliphatic heterocycles. The molecule has 2 fully saturated rings. The Labute approximate surface area is 138 Å². The predicted molar refractivity (Wildman–Crippen MR) is 80.1 cm³/mol. The van der Waals surface area contributed by atoms with E-state index in [0.29, 0.717) is 37.8 Å². The summed E-state index contributed by atoms with van der Waals surface area (Å²) in [4.78, 5) is 14.1. The third-order valence-electron chi connectivity index (χ3n) is 4.56. The lowest BCUT2D eigenvalue weighted by atomic mass is 9.95. The zero-order valence-corrected chi connectivity index (χ0v) is 13.2. The molecule has 0 radical (unpaired) electrons. The van der Waals surface area contributed by atoms with Crippen LogP contribution >= 0.6 is 0 Å². The first kappa shape index (κ1) is 17.2. The van der Waals surface area contributed by atoms with Gasteiger partial charge < -0.3 is 14.4 Å². The van der Waals surface area contributed by atoms with Gasteiger partial charge in [0.15, 0.2) is 6.29 Å². The quantitative estimate of drug-likeness (QED) is 0.847. The van der Waals surface area contributed by atoms with Gasteiger partial charge in [0.1, 0.15) is 0 Å². The molecule has 132 valence electrons. The van der Waals surface area contributed by atoms with E-state index in [0.717, 1.165) is 25.0 Å². The molecule has 1 amide bonds. The number of carbonyl (C=O) groups excluding carboxylic acids is 1. The highest BCUT2D eigenvalue weighted by atomic mass is 19.4. The fraction of sp³-hybridized carbons (Fsp3) is 0.588. The summed E-state index contributed by atoms with van der Waals surface area (Å²) < 4.78 is 48.6. The third kappa shape index (κ3) is 4.08. The van der Waals surface area contributed by atoms with E-state index in [1.165, 1.54) is 12.1 Å². The van der Waals surface area contributed by atoms with Crippen molar-refractivity contribution in [1.82, 2.24) is 4.90 Å². The second-order valence-electron chi connectivity index (χ2n) is 6.20. The van der Waals surface area contributed by atoms with Gasteiger partial charge in [-0.25, -0.2) is 0 Å². The van der Waals surface area contributed by atoms with Crippen LogP contribution in [0.4, 0.5) is 13.2 Å². The van der Waals surface area contributed by atoms with E-state index in [1.807, 2.05) is 0 Å². The number of nitrogens with zero attached hydrogens (tertiary/aromatic N) is 1. The first-order valence-corrected chi connectivity index (χ1v) is 8.10. The Balaban J connectivity index is 1.50. The van der Waals surface area contributed by atoms with Crippen LogP contribution in [-0.2, 0) is 26.9 Å². The molecule has 0 bridgehead atoms. The lowest BCUT2D eigenvalue weighted by molar-refractivity contribution is -0.137. The Morgan fingerprint density at radius 1 is 1.08 bits per heavy atom. The molecular formula is C17H20F3NO3. The Morgan fingerprint density at radius 2 is 1.67 bits per heavy atom. The summed E-state index contributed by atoms with van der Waals surface area (Å²) in [6, 6.07) is 4.77. The highest BCUT2D eigenvalue weighted by Crippen LogP contribution is 2.29. The number of carbonyl (C=O) groups is 1. The molecule has 1 aromatic rings. The summed E-state index contributed by atoms with van der Waals surface area (Å²) in [7, 11) is 0. The molecule has 2 saturated heterocycles. The minimum absolute atomic E-state index is 0.0542. The van der Waals surface area contributed by atoms with Crippen molar-refractivity contribution in [2.24, 2.45) is 5.92 Å². The number of amides is 1. The minimum atomic E-state index is -4.35. The second kappa shape index (κ2) is 7.11. The molecule has 0 atom stereocenters. The average Bonchev–Trinajstić information content (AvgIpc) is 3.09. The largest absolute Gasteiger partial charge is 0.416 e. The average molecular weight is 343 g/mol. The van der Waals surface area contributed by atoms with Gasteiger partial charge in [0.05, 0.1) is 25.2 Å². The maximum Gasteiger partial charge on any atom is 0.416 e. The van der Waals surface area contributed by atoms with Gasteiger partial charge in [0.25, 0.3) is 0 Å². The smallest absolute Gasteiger partial charge is 0.350 e. The Morgan fingerprint density at radius 3 is 2.21 bits per heavy atom. The van der Waals surface area contributed by atoms with E-state index >= 15 is 0 Å². The highest BCUT2D eigenvalue weighted by molar-refractivity contribution is 5.78. The highest BCUT2D eigenvalue weighted by Gasteiger charge is 2.32. The van der Waals surface area contributed by atoms with E-state index in [9.17, 15) is 18.0 Å². The molecule has 0 spiro atoms. The van der Waals surface area contributed by atoms with Crippen molar-refractivity contribution in [3.8, 4) is 0 Å². The fourth-order valence-electron chi connectivity index (χ4n) is 3.17. The molecule has 7 heteroatoms. The summed E-state index contributed by atoms with van der Waals surface area (Å²) in [5.74, 6) is 0.254. The zero-order chi connectivity index (χ0) is 17.2. The molecule has 0 N–H and O–H groups in total. The molecule has 1 aromatic carbocycles. The van der Waals surface area contributed by atoms with E-state index in [1.54, 1.807) is 4.90 Å².